The van der Waals surface area contributed by atoms with Crippen LogP contribution in [0.1, 0.15) is 41.7 Å². The van der Waals surface area contributed by atoms with Gasteiger partial charge in [-0.05, 0) is 48.7 Å². The summed E-state index contributed by atoms with van der Waals surface area (Å²) in [6, 6.07) is 24.1. The van der Waals surface area contributed by atoms with Crippen molar-refractivity contribution in [3.05, 3.63) is 95.6 Å². The van der Waals surface area contributed by atoms with Crippen molar-refractivity contribution in [2.45, 2.75) is 37.3 Å². The smallest absolute Gasteiger partial charge is 0.384 e. The number of anilines is 2. The van der Waals surface area contributed by atoms with Crippen LogP contribution in [0.5, 0.6) is 0 Å². The highest BCUT2D eigenvalue weighted by Gasteiger charge is 2.43. The van der Waals surface area contributed by atoms with Crippen LogP contribution in [-0.2, 0) is 10.9 Å². The second-order valence-electron chi connectivity index (χ2n) is 9.25. The minimum absolute atomic E-state index is 0.00517. The van der Waals surface area contributed by atoms with Crippen LogP contribution in [0.15, 0.2) is 78.9 Å². The van der Waals surface area contributed by atoms with Crippen molar-refractivity contribution in [3.8, 4) is 0 Å². The second-order valence-corrected chi connectivity index (χ2v) is 9.25. The zero-order chi connectivity index (χ0) is 24.3. The molecule has 4 atom stereocenters. The predicted octanol–water partition coefficient (Wildman–Crippen LogP) is 6.41. The van der Waals surface area contributed by atoms with Crippen molar-refractivity contribution >= 4 is 11.4 Å². The summed E-state index contributed by atoms with van der Waals surface area (Å²) in [5, 5.41) is 10.3. The first-order valence-corrected chi connectivity index (χ1v) is 12.2. The van der Waals surface area contributed by atoms with Crippen LogP contribution in [0.25, 0.3) is 0 Å². The van der Waals surface area contributed by atoms with Crippen LogP contribution in [-0.4, -0.2) is 25.7 Å². The van der Waals surface area contributed by atoms with E-state index in [9.17, 15) is 13.2 Å². The molecule has 4 nitrogen and oxygen atoms in total. The van der Waals surface area contributed by atoms with Crippen LogP contribution >= 0.6 is 0 Å². The lowest BCUT2D eigenvalue weighted by Crippen LogP contribution is -2.42. The van der Waals surface area contributed by atoms with E-state index < -0.39 is 11.7 Å². The molecule has 0 unspecified atom stereocenters. The molecule has 0 spiro atoms. The Hall–Kier alpha value is -3.03. The molecule has 2 heterocycles. The van der Waals surface area contributed by atoms with E-state index in [4.69, 9.17) is 4.74 Å². The van der Waals surface area contributed by atoms with Gasteiger partial charge in [0, 0.05) is 42.5 Å². The van der Waals surface area contributed by atoms with E-state index in [1.165, 1.54) is 6.07 Å². The Morgan fingerprint density at radius 2 is 1.63 bits per heavy atom. The lowest BCUT2D eigenvalue weighted by atomic mass is 9.76. The molecule has 3 N–H and O–H groups in total. The molecule has 5 rings (SSSR count). The summed E-state index contributed by atoms with van der Waals surface area (Å²) in [7, 11) is 0. The molecular formula is C28H30F3N3O. The average molecular weight is 482 g/mol. The van der Waals surface area contributed by atoms with Crippen molar-refractivity contribution in [2.24, 2.45) is 5.92 Å². The minimum Gasteiger partial charge on any atom is -0.384 e. The van der Waals surface area contributed by atoms with Crippen LogP contribution in [0.4, 0.5) is 24.5 Å². The van der Waals surface area contributed by atoms with Gasteiger partial charge in [0.05, 0.1) is 23.8 Å². The normalized spacial score (nSPS) is 23.6. The van der Waals surface area contributed by atoms with Crippen molar-refractivity contribution in [3.63, 3.8) is 0 Å². The van der Waals surface area contributed by atoms with Gasteiger partial charge >= 0.3 is 6.18 Å². The summed E-state index contributed by atoms with van der Waals surface area (Å²) in [5.74, 6) is 0.0596. The van der Waals surface area contributed by atoms with Gasteiger partial charge in [-0.3, -0.25) is 0 Å². The maximum atomic E-state index is 13.5. The summed E-state index contributed by atoms with van der Waals surface area (Å²) >= 11 is 0. The summed E-state index contributed by atoms with van der Waals surface area (Å²) in [6.07, 6.45) is -3.09. The summed E-state index contributed by atoms with van der Waals surface area (Å²) in [6.45, 7) is 2.21. The molecule has 184 valence electrons. The number of ether oxygens (including phenoxy) is 1. The van der Waals surface area contributed by atoms with Crippen LogP contribution in [0, 0.1) is 5.92 Å². The van der Waals surface area contributed by atoms with E-state index in [-0.39, 0.29) is 24.2 Å². The van der Waals surface area contributed by atoms with Gasteiger partial charge in [-0.1, -0.05) is 48.5 Å². The lowest BCUT2D eigenvalue weighted by Gasteiger charge is -2.46. The zero-order valence-electron chi connectivity index (χ0n) is 19.4. The minimum atomic E-state index is -4.39. The molecule has 0 aliphatic carbocycles. The molecule has 3 aromatic rings. The van der Waals surface area contributed by atoms with Gasteiger partial charge in [-0.25, -0.2) is 0 Å². The van der Waals surface area contributed by atoms with Crippen LogP contribution in [0.2, 0.25) is 0 Å². The summed E-state index contributed by atoms with van der Waals surface area (Å²) in [5.41, 5.74) is 2.89. The maximum absolute atomic E-state index is 13.5. The Bertz CT molecular complexity index is 1110. The Morgan fingerprint density at radius 1 is 0.886 bits per heavy atom. The van der Waals surface area contributed by atoms with Crippen molar-refractivity contribution in [1.29, 1.82) is 0 Å². The van der Waals surface area contributed by atoms with Gasteiger partial charge in [-0.2, -0.15) is 13.2 Å². The highest BCUT2D eigenvalue weighted by atomic mass is 19.4. The van der Waals surface area contributed by atoms with E-state index in [1.54, 1.807) is 6.07 Å². The average Bonchev–Trinajstić information content (AvgIpc) is 2.88. The van der Waals surface area contributed by atoms with Crippen LogP contribution in [0.3, 0.4) is 0 Å². The van der Waals surface area contributed by atoms with E-state index in [0.717, 1.165) is 43.2 Å². The third kappa shape index (κ3) is 5.46. The van der Waals surface area contributed by atoms with E-state index in [1.807, 2.05) is 48.5 Å². The molecule has 0 bridgehead atoms. The summed E-state index contributed by atoms with van der Waals surface area (Å²) in [4.78, 5) is 0. The van der Waals surface area contributed by atoms with Gasteiger partial charge in [0.1, 0.15) is 0 Å². The first-order chi connectivity index (χ1) is 17.0. The number of alkyl halides is 3. The fraction of sp³-hybridized carbons (Fsp3) is 0.357. The number of benzene rings is 3. The quantitative estimate of drug-likeness (QED) is 0.341. The highest BCUT2D eigenvalue weighted by Crippen LogP contribution is 2.51. The van der Waals surface area contributed by atoms with Crippen LogP contribution < -0.4 is 16.0 Å². The van der Waals surface area contributed by atoms with E-state index in [0.29, 0.717) is 17.8 Å². The standard InChI is InChI=1S/C28H30F3N3O/c29-28(30,31)20-11-14-25-24(17-20)27-23(26(34-25)19-7-3-1-4-8-19)13-12-22(35-27)18-32-15-16-33-21-9-5-2-6-10-21/h1-11,14,17,22-23,26-27,32-34H,12-13,15-16,18H2/t22-,23+,26+,27+/m1/s1. The number of hydrogen-bond acceptors (Lipinski definition) is 4. The molecule has 0 aromatic heterocycles. The Kier molecular flexibility index (Phi) is 6.97. The molecule has 1 saturated heterocycles. The maximum Gasteiger partial charge on any atom is 0.416 e. The number of nitrogens with one attached hydrogen (secondary N) is 3. The first-order valence-electron chi connectivity index (χ1n) is 12.2. The first kappa shape index (κ1) is 23.7. The second kappa shape index (κ2) is 10.3. The van der Waals surface area contributed by atoms with Crippen molar-refractivity contribution in [1.82, 2.24) is 5.32 Å². The van der Waals surface area contributed by atoms with E-state index in [2.05, 4.69) is 28.1 Å². The van der Waals surface area contributed by atoms with E-state index >= 15 is 0 Å². The highest BCUT2D eigenvalue weighted by molar-refractivity contribution is 5.58. The number of para-hydroxylation sites is 1. The fourth-order valence-electron chi connectivity index (χ4n) is 5.19. The number of fused-ring (bicyclic) bond motifs is 3. The molecular weight excluding hydrogens is 451 g/mol. The largest absolute Gasteiger partial charge is 0.416 e. The lowest BCUT2D eigenvalue weighted by molar-refractivity contribution is -0.138. The van der Waals surface area contributed by atoms with Gasteiger partial charge in [0.15, 0.2) is 0 Å². The molecule has 1 fully saturated rings. The van der Waals surface area contributed by atoms with Crippen molar-refractivity contribution in [2.75, 3.05) is 30.3 Å². The summed E-state index contributed by atoms with van der Waals surface area (Å²) < 4.78 is 47.0. The Morgan fingerprint density at radius 3 is 2.37 bits per heavy atom. The monoisotopic (exact) mass is 481 g/mol. The third-order valence-electron chi connectivity index (χ3n) is 6.91. The SMILES string of the molecule is FC(F)(F)c1ccc2c(c1)[C@H]1O[C@@H](CNCCNc3ccccc3)CC[C@H]1[C@H](c1ccccc1)N2. The van der Waals surface area contributed by atoms with Gasteiger partial charge in [0.2, 0.25) is 0 Å². The molecule has 7 heteroatoms. The number of hydrogen-bond donors (Lipinski definition) is 3. The van der Waals surface area contributed by atoms with Gasteiger partial charge in [0.25, 0.3) is 0 Å². The topological polar surface area (TPSA) is 45.3 Å². The Balaban J connectivity index is 1.29. The fourth-order valence-corrected chi connectivity index (χ4v) is 5.19. The van der Waals surface area contributed by atoms with Gasteiger partial charge in [-0.15, -0.1) is 0 Å². The third-order valence-corrected chi connectivity index (χ3v) is 6.91. The zero-order valence-corrected chi connectivity index (χ0v) is 19.4. The molecule has 35 heavy (non-hydrogen) atoms. The molecule has 0 saturated carbocycles. The predicted molar refractivity (Wildman–Crippen MR) is 132 cm³/mol. The van der Waals surface area contributed by atoms with Gasteiger partial charge < -0.3 is 20.7 Å². The molecule has 0 radical (unpaired) electrons. The number of rotatable bonds is 7. The van der Waals surface area contributed by atoms with Crippen molar-refractivity contribution < 1.29 is 17.9 Å². The molecule has 3 aromatic carbocycles. The molecule has 2 aliphatic rings. The number of halogens is 3. The molecule has 2 aliphatic heterocycles. The Labute approximate surface area is 203 Å². The molecule has 0 amide bonds.